The zero-order chi connectivity index (χ0) is 11.8. The van der Waals surface area contributed by atoms with Crippen LogP contribution >= 0.6 is 0 Å². The van der Waals surface area contributed by atoms with Gasteiger partial charge in [-0.05, 0) is 25.7 Å². The molecule has 1 saturated carbocycles. The maximum atomic E-state index is 12.1. The summed E-state index contributed by atoms with van der Waals surface area (Å²) in [6, 6.07) is 0. The average Bonchev–Trinajstić information content (AvgIpc) is 3.12. The standard InChI is InChI=1S/C12H17N3O2/c16-10(9-5-6-9)8-15-12(17)14-7-3-1-2-4-11(14)13-15/h9H,1-8H2. The summed E-state index contributed by atoms with van der Waals surface area (Å²) >= 11 is 0. The molecule has 1 aromatic rings. The van der Waals surface area contributed by atoms with E-state index in [9.17, 15) is 9.59 Å². The van der Waals surface area contributed by atoms with Crippen molar-refractivity contribution in [3.05, 3.63) is 16.3 Å². The molecular weight excluding hydrogens is 218 g/mol. The first-order valence-electron chi connectivity index (χ1n) is 6.45. The number of nitrogens with zero attached hydrogens (tertiary/aromatic N) is 3. The normalized spacial score (nSPS) is 19.8. The number of carbonyl (C=O) groups is 1. The number of ketones is 1. The minimum Gasteiger partial charge on any atom is -0.297 e. The van der Waals surface area contributed by atoms with E-state index in [1.54, 1.807) is 4.57 Å². The highest BCUT2D eigenvalue weighted by atomic mass is 16.2. The molecule has 0 bridgehead atoms. The van der Waals surface area contributed by atoms with Crippen molar-refractivity contribution in [3.63, 3.8) is 0 Å². The van der Waals surface area contributed by atoms with Gasteiger partial charge in [-0.3, -0.25) is 9.36 Å². The molecule has 0 amide bonds. The van der Waals surface area contributed by atoms with Crippen molar-refractivity contribution < 1.29 is 4.79 Å². The quantitative estimate of drug-likeness (QED) is 0.776. The Labute approximate surface area is 99.4 Å². The van der Waals surface area contributed by atoms with E-state index in [-0.39, 0.29) is 23.9 Å². The highest BCUT2D eigenvalue weighted by Gasteiger charge is 2.30. The topological polar surface area (TPSA) is 56.9 Å². The van der Waals surface area contributed by atoms with Crippen LogP contribution in [0.15, 0.2) is 4.79 Å². The molecule has 2 heterocycles. The van der Waals surface area contributed by atoms with Crippen molar-refractivity contribution >= 4 is 5.78 Å². The van der Waals surface area contributed by atoms with E-state index in [1.807, 2.05) is 0 Å². The molecule has 92 valence electrons. The van der Waals surface area contributed by atoms with E-state index in [1.165, 1.54) is 4.68 Å². The molecule has 17 heavy (non-hydrogen) atoms. The van der Waals surface area contributed by atoms with E-state index < -0.39 is 0 Å². The van der Waals surface area contributed by atoms with Crippen LogP contribution in [0.3, 0.4) is 0 Å². The molecule has 0 N–H and O–H groups in total. The van der Waals surface area contributed by atoms with Gasteiger partial charge in [-0.25, -0.2) is 9.48 Å². The zero-order valence-corrected chi connectivity index (χ0v) is 9.89. The lowest BCUT2D eigenvalue weighted by Crippen LogP contribution is -2.28. The third-order valence-electron chi connectivity index (χ3n) is 3.62. The Kier molecular flexibility index (Phi) is 2.61. The van der Waals surface area contributed by atoms with Gasteiger partial charge in [-0.1, -0.05) is 6.42 Å². The second-order valence-corrected chi connectivity index (χ2v) is 5.06. The summed E-state index contributed by atoms with van der Waals surface area (Å²) in [6.45, 7) is 0.926. The predicted molar refractivity (Wildman–Crippen MR) is 61.8 cm³/mol. The Bertz CT molecular complexity index is 496. The van der Waals surface area contributed by atoms with Crippen molar-refractivity contribution in [2.75, 3.05) is 0 Å². The summed E-state index contributed by atoms with van der Waals surface area (Å²) in [5.41, 5.74) is -0.101. The molecule has 5 heteroatoms. The summed E-state index contributed by atoms with van der Waals surface area (Å²) in [5, 5.41) is 4.31. The lowest BCUT2D eigenvalue weighted by Gasteiger charge is -1.98. The van der Waals surface area contributed by atoms with Gasteiger partial charge in [0, 0.05) is 18.9 Å². The summed E-state index contributed by atoms with van der Waals surface area (Å²) in [7, 11) is 0. The third kappa shape index (κ3) is 2.06. The van der Waals surface area contributed by atoms with Crippen molar-refractivity contribution in [2.24, 2.45) is 5.92 Å². The fourth-order valence-electron chi connectivity index (χ4n) is 2.41. The number of aryl methyl sites for hydroxylation is 1. The van der Waals surface area contributed by atoms with Crippen LogP contribution in [0.1, 0.15) is 37.9 Å². The van der Waals surface area contributed by atoms with Gasteiger partial charge in [0.05, 0.1) is 0 Å². The Balaban J connectivity index is 1.85. The summed E-state index contributed by atoms with van der Waals surface area (Å²) < 4.78 is 3.11. The van der Waals surface area contributed by atoms with E-state index in [0.717, 1.165) is 50.9 Å². The Morgan fingerprint density at radius 3 is 2.88 bits per heavy atom. The second kappa shape index (κ2) is 4.13. The minimum absolute atomic E-state index is 0.101. The lowest BCUT2D eigenvalue weighted by atomic mass is 10.2. The first-order valence-corrected chi connectivity index (χ1v) is 6.45. The molecule has 1 fully saturated rings. The molecule has 0 spiro atoms. The predicted octanol–water partition coefficient (Wildman–Crippen LogP) is 0.750. The molecule has 1 aromatic heterocycles. The van der Waals surface area contributed by atoms with Gasteiger partial charge in [0.25, 0.3) is 0 Å². The molecule has 0 aromatic carbocycles. The number of fused-ring (bicyclic) bond motifs is 1. The van der Waals surface area contributed by atoms with Gasteiger partial charge >= 0.3 is 5.69 Å². The molecule has 3 rings (SSSR count). The summed E-state index contributed by atoms with van der Waals surface area (Å²) in [6.07, 6.45) is 6.12. The number of rotatable bonds is 3. The molecule has 0 unspecified atom stereocenters. The summed E-state index contributed by atoms with van der Waals surface area (Å²) in [4.78, 5) is 23.8. The van der Waals surface area contributed by atoms with E-state index >= 15 is 0 Å². The Morgan fingerprint density at radius 2 is 2.12 bits per heavy atom. The monoisotopic (exact) mass is 235 g/mol. The molecule has 0 radical (unpaired) electrons. The number of aromatic nitrogens is 3. The Hall–Kier alpha value is -1.39. The van der Waals surface area contributed by atoms with Crippen molar-refractivity contribution in [1.82, 2.24) is 14.3 Å². The zero-order valence-electron chi connectivity index (χ0n) is 9.89. The molecule has 0 atom stereocenters. The Morgan fingerprint density at radius 1 is 1.29 bits per heavy atom. The SMILES string of the molecule is O=C(Cn1nc2n(c1=O)CCCCC2)C1CC1. The summed E-state index contributed by atoms with van der Waals surface area (Å²) in [5.74, 6) is 1.22. The van der Waals surface area contributed by atoms with Crippen LogP contribution < -0.4 is 5.69 Å². The van der Waals surface area contributed by atoms with Crippen LogP contribution in [0.2, 0.25) is 0 Å². The molecule has 2 aliphatic rings. The number of hydrogen-bond donors (Lipinski definition) is 0. The van der Waals surface area contributed by atoms with Gasteiger partial charge in [-0.2, -0.15) is 5.10 Å². The van der Waals surface area contributed by atoms with Gasteiger partial charge in [-0.15, -0.1) is 0 Å². The van der Waals surface area contributed by atoms with Crippen LogP contribution in [0.5, 0.6) is 0 Å². The molecule has 1 aliphatic carbocycles. The van der Waals surface area contributed by atoms with Gasteiger partial charge < -0.3 is 0 Å². The average molecular weight is 235 g/mol. The highest BCUT2D eigenvalue weighted by molar-refractivity contribution is 5.82. The minimum atomic E-state index is -0.101. The largest absolute Gasteiger partial charge is 0.346 e. The van der Waals surface area contributed by atoms with Crippen LogP contribution in [0.25, 0.3) is 0 Å². The van der Waals surface area contributed by atoms with Gasteiger partial charge in [0.15, 0.2) is 5.78 Å². The molecule has 1 aliphatic heterocycles. The van der Waals surface area contributed by atoms with Crippen molar-refractivity contribution in [3.8, 4) is 0 Å². The van der Waals surface area contributed by atoms with Crippen LogP contribution in [0, 0.1) is 5.92 Å². The highest BCUT2D eigenvalue weighted by Crippen LogP contribution is 2.30. The lowest BCUT2D eigenvalue weighted by molar-refractivity contribution is -0.121. The molecular formula is C12H17N3O2. The van der Waals surface area contributed by atoms with E-state index in [0.29, 0.717) is 0 Å². The van der Waals surface area contributed by atoms with Crippen LogP contribution in [0.4, 0.5) is 0 Å². The van der Waals surface area contributed by atoms with Crippen LogP contribution in [-0.4, -0.2) is 20.1 Å². The fraction of sp³-hybridized carbons (Fsp3) is 0.750. The molecule has 5 nitrogen and oxygen atoms in total. The van der Waals surface area contributed by atoms with Gasteiger partial charge in [0.1, 0.15) is 12.4 Å². The first-order chi connectivity index (χ1) is 8.25. The first kappa shape index (κ1) is 10.7. The fourth-order valence-corrected chi connectivity index (χ4v) is 2.41. The molecule has 0 saturated heterocycles. The van der Waals surface area contributed by atoms with E-state index in [2.05, 4.69) is 5.10 Å². The third-order valence-corrected chi connectivity index (χ3v) is 3.62. The van der Waals surface area contributed by atoms with Gasteiger partial charge in [0.2, 0.25) is 0 Å². The maximum absolute atomic E-state index is 12.1. The smallest absolute Gasteiger partial charge is 0.297 e. The maximum Gasteiger partial charge on any atom is 0.346 e. The number of hydrogen-bond acceptors (Lipinski definition) is 3. The second-order valence-electron chi connectivity index (χ2n) is 5.06. The van der Waals surface area contributed by atoms with Crippen molar-refractivity contribution in [1.29, 1.82) is 0 Å². The number of Topliss-reactive ketones (excluding diaryl/α,β-unsaturated/α-hetero) is 1. The van der Waals surface area contributed by atoms with Crippen LogP contribution in [-0.2, 0) is 24.3 Å². The number of carbonyl (C=O) groups excluding carboxylic acids is 1. The van der Waals surface area contributed by atoms with Crippen molar-refractivity contribution in [2.45, 2.75) is 51.6 Å². The van der Waals surface area contributed by atoms with E-state index in [4.69, 9.17) is 0 Å².